The lowest BCUT2D eigenvalue weighted by Gasteiger charge is -2.14. The fourth-order valence-corrected chi connectivity index (χ4v) is 2.35. The van der Waals surface area contributed by atoms with Crippen LogP contribution in [0.4, 0.5) is 5.69 Å². The number of phenols is 1. The Labute approximate surface area is 114 Å². The monoisotopic (exact) mass is 314 g/mol. The molecule has 1 aliphatic heterocycles. The van der Waals surface area contributed by atoms with E-state index >= 15 is 0 Å². The molecule has 1 aromatic carbocycles. The van der Waals surface area contributed by atoms with Crippen molar-refractivity contribution in [2.75, 3.05) is 19.0 Å². The summed E-state index contributed by atoms with van der Waals surface area (Å²) in [7, 11) is 1.53. The maximum Gasteiger partial charge on any atom is 0.241 e. The molecule has 6 heteroatoms. The zero-order valence-electron chi connectivity index (χ0n) is 10.00. The Hall–Kier alpha value is -1.27. The first kappa shape index (κ1) is 13.2. The molecule has 0 bridgehead atoms. The molecule has 5 nitrogen and oxygen atoms in total. The number of hydrogen-bond donors (Lipinski definition) is 3. The highest BCUT2D eigenvalue weighted by Crippen LogP contribution is 2.36. The van der Waals surface area contributed by atoms with Crippen LogP contribution in [0, 0.1) is 0 Å². The third-order valence-electron chi connectivity index (χ3n) is 2.91. The molecule has 1 amide bonds. The molecule has 1 aromatic rings. The minimum atomic E-state index is -0.186. The summed E-state index contributed by atoms with van der Waals surface area (Å²) in [6, 6.07) is 3.04. The van der Waals surface area contributed by atoms with Crippen LogP contribution < -0.4 is 15.4 Å². The van der Waals surface area contributed by atoms with Gasteiger partial charge in [0.15, 0.2) is 5.75 Å². The summed E-state index contributed by atoms with van der Waals surface area (Å²) in [5.41, 5.74) is 0.347. The maximum absolute atomic E-state index is 11.9. The van der Waals surface area contributed by atoms with Gasteiger partial charge in [-0.1, -0.05) is 0 Å². The first-order valence-corrected chi connectivity index (χ1v) is 6.52. The zero-order chi connectivity index (χ0) is 13.1. The standard InChI is InChI=1S/C12H15BrN2O3/c1-18-7-5-8(13)11(16)10(6-7)15-12(17)9-3-2-4-14-9/h5-6,9,14,16H,2-4H2,1H3,(H,15,17). The number of methoxy groups -OCH3 is 1. The van der Waals surface area contributed by atoms with Gasteiger partial charge in [0.05, 0.1) is 23.3 Å². The molecule has 0 aromatic heterocycles. The van der Waals surface area contributed by atoms with Gasteiger partial charge in [0, 0.05) is 6.07 Å². The van der Waals surface area contributed by atoms with Crippen molar-refractivity contribution < 1.29 is 14.6 Å². The molecular formula is C12H15BrN2O3. The number of rotatable bonds is 3. The zero-order valence-corrected chi connectivity index (χ0v) is 11.6. The molecule has 1 fully saturated rings. The lowest BCUT2D eigenvalue weighted by Crippen LogP contribution is -2.35. The first-order valence-electron chi connectivity index (χ1n) is 5.72. The minimum Gasteiger partial charge on any atom is -0.505 e. The van der Waals surface area contributed by atoms with Gasteiger partial charge in [0.1, 0.15) is 5.75 Å². The Morgan fingerprint density at radius 1 is 1.61 bits per heavy atom. The van der Waals surface area contributed by atoms with Crippen LogP contribution in [-0.2, 0) is 4.79 Å². The average Bonchev–Trinajstić information content (AvgIpc) is 2.88. The topological polar surface area (TPSA) is 70.6 Å². The minimum absolute atomic E-state index is 0.00199. The second kappa shape index (κ2) is 5.58. The molecule has 0 spiro atoms. The number of ether oxygens (including phenoxy) is 1. The molecular weight excluding hydrogens is 300 g/mol. The van der Waals surface area contributed by atoms with Gasteiger partial charge in [-0.2, -0.15) is 0 Å². The summed E-state index contributed by atoms with van der Waals surface area (Å²) < 4.78 is 5.57. The lowest BCUT2D eigenvalue weighted by atomic mass is 10.2. The second-order valence-electron chi connectivity index (χ2n) is 4.14. The Morgan fingerprint density at radius 3 is 3.00 bits per heavy atom. The summed E-state index contributed by atoms with van der Waals surface area (Å²) in [5, 5.41) is 15.7. The largest absolute Gasteiger partial charge is 0.505 e. The van der Waals surface area contributed by atoms with Crippen LogP contribution in [0.1, 0.15) is 12.8 Å². The number of hydrogen-bond acceptors (Lipinski definition) is 4. The van der Waals surface area contributed by atoms with Gasteiger partial charge < -0.3 is 20.5 Å². The average molecular weight is 315 g/mol. The van der Waals surface area contributed by atoms with E-state index in [1.54, 1.807) is 12.1 Å². The summed E-state index contributed by atoms with van der Waals surface area (Å²) in [4.78, 5) is 11.9. The fraction of sp³-hybridized carbons (Fsp3) is 0.417. The molecule has 1 aliphatic rings. The number of carbonyl (C=O) groups is 1. The molecule has 0 radical (unpaired) electrons. The van der Waals surface area contributed by atoms with E-state index in [0.29, 0.717) is 15.9 Å². The highest BCUT2D eigenvalue weighted by Gasteiger charge is 2.23. The Morgan fingerprint density at radius 2 is 2.39 bits per heavy atom. The SMILES string of the molecule is COc1cc(Br)c(O)c(NC(=O)C2CCCN2)c1. The summed E-state index contributed by atoms with van der Waals surface area (Å²) >= 11 is 3.21. The van der Waals surface area contributed by atoms with E-state index in [2.05, 4.69) is 26.6 Å². The number of nitrogens with one attached hydrogen (secondary N) is 2. The van der Waals surface area contributed by atoms with Crippen molar-refractivity contribution in [1.29, 1.82) is 0 Å². The van der Waals surface area contributed by atoms with E-state index in [0.717, 1.165) is 19.4 Å². The van der Waals surface area contributed by atoms with Gasteiger partial charge in [-0.3, -0.25) is 4.79 Å². The van der Waals surface area contributed by atoms with Crippen molar-refractivity contribution in [1.82, 2.24) is 5.32 Å². The number of anilines is 1. The third kappa shape index (κ3) is 2.76. The highest BCUT2D eigenvalue weighted by atomic mass is 79.9. The maximum atomic E-state index is 11.9. The molecule has 1 unspecified atom stereocenters. The van der Waals surface area contributed by atoms with Gasteiger partial charge in [-0.05, 0) is 41.4 Å². The van der Waals surface area contributed by atoms with E-state index in [1.165, 1.54) is 7.11 Å². The van der Waals surface area contributed by atoms with Crippen LogP contribution in [0.3, 0.4) is 0 Å². The van der Waals surface area contributed by atoms with Crippen molar-refractivity contribution in [2.45, 2.75) is 18.9 Å². The summed E-state index contributed by atoms with van der Waals surface area (Å²) in [5.74, 6) is 0.430. The van der Waals surface area contributed by atoms with Crippen molar-refractivity contribution in [3.05, 3.63) is 16.6 Å². The molecule has 1 saturated heterocycles. The summed E-state index contributed by atoms with van der Waals surface area (Å²) in [6.45, 7) is 0.853. The predicted octanol–water partition coefficient (Wildman–Crippen LogP) is 1.85. The van der Waals surface area contributed by atoms with Crippen molar-refractivity contribution >= 4 is 27.5 Å². The van der Waals surface area contributed by atoms with E-state index in [9.17, 15) is 9.90 Å². The number of benzene rings is 1. The Bertz CT molecular complexity index is 459. The Balaban J connectivity index is 2.17. The quantitative estimate of drug-likeness (QED) is 0.745. The van der Waals surface area contributed by atoms with Gasteiger partial charge in [0.25, 0.3) is 0 Å². The first-order chi connectivity index (χ1) is 8.61. The van der Waals surface area contributed by atoms with E-state index < -0.39 is 0 Å². The molecule has 1 atom stereocenters. The normalized spacial score (nSPS) is 18.7. The molecule has 98 valence electrons. The van der Waals surface area contributed by atoms with Crippen LogP contribution in [0.2, 0.25) is 0 Å². The molecule has 1 heterocycles. The van der Waals surface area contributed by atoms with E-state index in [-0.39, 0.29) is 17.7 Å². The van der Waals surface area contributed by atoms with Gasteiger partial charge >= 0.3 is 0 Å². The van der Waals surface area contributed by atoms with Gasteiger partial charge in [0.2, 0.25) is 5.91 Å². The van der Waals surface area contributed by atoms with Gasteiger partial charge in [-0.15, -0.1) is 0 Å². The number of amides is 1. The molecule has 3 N–H and O–H groups in total. The van der Waals surface area contributed by atoms with Crippen LogP contribution in [-0.4, -0.2) is 30.7 Å². The molecule has 0 saturated carbocycles. The van der Waals surface area contributed by atoms with Crippen LogP contribution >= 0.6 is 15.9 Å². The number of phenolic OH excluding ortho intramolecular Hbond substituents is 1. The third-order valence-corrected chi connectivity index (χ3v) is 3.51. The van der Waals surface area contributed by atoms with Crippen molar-refractivity contribution in [2.24, 2.45) is 0 Å². The van der Waals surface area contributed by atoms with E-state index in [1.807, 2.05) is 0 Å². The van der Waals surface area contributed by atoms with Crippen LogP contribution in [0.5, 0.6) is 11.5 Å². The van der Waals surface area contributed by atoms with Gasteiger partial charge in [-0.25, -0.2) is 0 Å². The number of aromatic hydroxyl groups is 1. The molecule has 2 rings (SSSR count). The number of halogens is 1. The van der Waals surface area contributed by atoms with Crippen molar-refractivity contribution in [3.63, 3.8) is 0 Å². The Kier molecular flexibility index (Phi) is 4.08. The number of carbonyl (C=O) groups excluding carboxylic acids is 1. The fourth-order valence-electron chi connectivity index (χ4n) is 1.92. The molecule has 18 heavy (non-hydrogen) atoms. The molecule has 0 aliphatic carbocycles. The van der Waals surface area contributed by atoms with Crippen molar-refractivity contribution in [3.8, 4) is 11.5 Å². The smallest absolute Gasteiger partial charge is 0.241 e. The van der Waals surface area contributed by atoms with Crippen LogP contribution in [0.25, 0.3) is 0 Å². The second-order valence-corrected chi connectivity index (χ2v) is 5.00. The van der Waals surface area contributed by atoms with E-state index in [4.69, 9.17) is 4.74 Å². The summed E-state index contributed by atoms with van der Waals surface area (Å²) in [6.07, 6.45) is 1.81. The lowest BCUT2D eigenvalue weighted by molar-refractivity contribution is -0.117. The highest BCUT2D eigenvalue weighted by molar-refractivity contribution is 9.10. The van der Waals surface area contributed by atoms with Crippen LogP contribution in [0.15, 0.2) is 16.6 Å². The predicted molar refractivity (Wildman–Crippen MR) is 72.0 cm³/mol.